The van der Waals surface area contributed by atoms with Crippen molar-refractivity contribution in [2.75, 3.05) is 0 Å². The van der Waals surface area contributed by atoms with Gasteiger partial charge in [-0.15, -0.1) is 0 Å². The Morgan fingerprint density at radius 3 is 1.73 bits per heavy atom. The zero-order valence-electron chi connectivity index (χ0n) is 11.5. The van der Waals surface area contributed by atoms with Crippen molar-refractivity contribution < 1.29 is 4.43 Å². The first kappa shape index (κ1) is 15.1. The number of thiocarbonyl (C=S) groups is 1. The highest BCUT2D eigenvalue weighted by Gasteiger charge is 2.39. The molecule has 3 heteroatoms. The van der Waals surface area contributed by atoms with Crippen molar-refractivity contribution in [3.63, 3.8) is 0 Å². The van der Waals surface area contributed by atoms with Crippen LogP contribution in [0.5, 0.6) is 0 Å². The molecule has 0 unspecified atom stereocenters. The van der Waals surface area contributed by atoms with E-state index in [1.165, 1.54) is 0 Å². The molecule has 0 bridgehead atoms. The van der Waals surface area contributed by atoms with Gasteiger partial charge < -0.3 is 4.43 Å². The number of hydrogen-bond donors (Lipinski definition) is 0. The lowest BCUT2D eigenvalue weighted by Crippen LogP contribution is -2.42. The molecular formula is C12H26OSSi. The molecule has 1 nitrogen and oxygen atoms in total. The van der Waals surface area contributed by atoms with Gasteiger partial charge in [0, 0.05) is 6.42 Å². The summed E-state index contributed by atoms with van der Waals surface area (Å²) >= 11 is 5.33. The average molecular weight is 246 g/mol. The number of hydrogen-bond acceptors (Lipinski definition) is 2. The lowest BCUT2D eigenvalue weighted by Gasteiger charge is -2.37. The molecular weight excluding hydrogens is 220 g/mol. The molecule has 0 saturated heterocycles. The molecule has 0 radical (unpaired) electrons. The van der Waals surface area contributed by atoms with E-state index < -0.39 is 8.32 Å². The monoisotopic (exact) mass is 246 g/mol. The van der Waals surface area contributed by atoms with Crippen molar-refractivity contribution in [2.45, 2.75) is 66.1 Å². The van der Waals surface area contributed by atoms with Gasteiger partial charge in [0.2, 0.25) is 0 Å². The summed E-state index contributed by atoms with van der Waals surface area (Å²) in [6, 6.07) is 0. The van der Waals surface area contributed by atoms with Crippen LogP contribution in [0.2, 0.25) is 18.1 Å². The highest BCUT2D eigenvalue weighted by atomic mass is 32.1. The van der Waals surface area contributed by atoms with E-state index in [0.29, 0.717) is 0 Å². The smallest absolute Gasteiger partial charge is 0.251 e. The SMILES string of the molecule is CC(C)(C)CC(=S)O[Si](C)(C)C(C)(C)C. The van der Waals surface area contributed by atoms with Crippen LogP contribution in [0, 0.1) is 5.41 Å². The Morgan fingerprint density at radius 1 is 1.07 bits per heavy atom. The fourth-order valence-electron chi connectivity index (χ4n) is 0.907. The highest BCUT2D eigenvalue weighted by Crippen LogP contribution is 2.37. The number of rotatable bonds is 2. The average Bonchev–Trinajstić information content (AvgIpc) is 1.75. The van der Waals surface area contributed by atoms with E-state index in [9.17, 15) is 0 Å². The second-order valence-corrected chi connectivity index (χ2v) is 12.2. The molecule has 0 rings (SSSR count). The summed E-state index contributed by atoms with van der Waals surface area (Å²) in [4.78, 5) is 0. The fraction of sp³-hybridized carbons (Fsp3) is 0.917. The minimum Gasteiger partial charge on any atom is -0.539 e. The largest absolute Gasteiger partial charge is 0.539 e. The molecule has 0 aliphatic carbocycles. The third kappa shape index (κ3) is 5.66. The van der Waals surface area contributed by atoms with Gasteiger partial charge in [-0.05, 0) is 35.8 Å². The lowest BCUT2D eigenvalue weighted by molar-refractivity contribution is 0.394. The van der Waals surface area contributed by atoms with Crippen LogP contribution < -0.4 is 0 Å². The molecule has 0 aromatic heterocycles. The zero-order valence-corrected chi connectivity index (χ0v) is 13.3. The standard InChI is InChI=1S/C12H26OSSi/c1-11(2,3)9-10(14)13-15(7,8)12(4,5)6/h9H2,1-8H3. The molecule has 15 heavy (non-hydrogen) atoms. The Bertz CT molecular complexity index is 233. The summed E-state index contributed by atoms with van der Waals surface area (Å²) in [5.74, 6) is 0. The summed E-state index contributed by atoms with van der Waals surface area (Å²) in [5.41, 5.74) is 0.222. The van der Waals surface area contributed by atoms with Gasteiger partial charge >= 0.3 is 0 Å². The minimum absolute atomic E-state index is 0.222. The summed E-state index contributed by atoms with van der Waals surface area (Å²) < 4.78 is 6.05. The van der Waals surface area contributed by atoms with Gasteiger partial charge in [-0.3, -0.25) is 0 Å². The summed E-state index contributed by atoms with van der Waals surface area (Å²) in [6.45, 7) is 17.7. The molecule has 0 aromatic rings. The summed E-state index contributed by atoms with van der Waals surface area (Å²) in [6.07, 6.45) is 0.870. The Hall–Kier alpha value is 0.107. The Kier molecular flexibility index (Phi) is 4.57. The molecule has 0 spiro atoms. The van der Waals surface area contributed by atoms with Crippen LogP contribution in [0.4, 0.5) is 0 Å². The molecule has 0 atom stereocenters. The molecule has 0 fully saturated rings. The van der Waals surface area contributed by atoms with Crippen molar-refractivity contribution >= 4 is 25.6 Å². The van der Waals surface area contributed by atoms with Crippen molar-refractivity contribution in [1.82, 2.24) is 0 Å². The molecule has 0 saturated carbocycles. The molecule has 0 N–H and O–H groups in total. The van der Waals surface area contributed by atoms with Crippen molar-refractivity contribution in [3.8, 4) is 0 Å². The van der Waals surface area contributed by atoms with Gasteiger partial charge in [0.05, 0.1) is 0 Å². The topological polar surface area (TPSA) is 9.23 Å². The molecule has 0 heterocycles. The van der Waals surface area contributed by atoms with Crippen LogP contribution in [-0.2, 0) is 4.43 Å². The van der Waals surface area contributed by atoms with E-state index in [4.69, 9.17) is 16.6 Å². The zero-order chi connectivity index (χ0) is 12.5. The molecule has 90 valence electrons. The minimum atomic E-state index is -1.71. The first-order valence-electron chi connectivity index (χ1n) is 5.57. The Labute approximate surface area is 102 Å². The van der Waals surface area contributed by atoms with Gasteiger partial charge in [-0.1, -0.05) is 41.5 Å². The first-order chi connectivity index (χ1) is 6.35. The Balaban J connectivity index is 4.43. The normalized spacial score (nSPS) is 13.9. The third-order valence-electron chi connectivity index (χ3n) is 2.85. The fourth-order valence-corrected chi connectivity index (χ4v) is 2.91. The van der Waals surface area contributed by atoms with E-state index in [1.807, 2.05) is 0 Å². The van der Waals surface area contributed by atoms with Gasteiger partial charge in [0.15, 0.2) is 0 Å². The van der Waals surface area contributed by atoms with Gasteiger partial charge in [0.1, 0.15) is 5.05 Å². The van der Waals surface area contributed by atoms with Crippen LogP contribution in [0.3, 0.4) is 0 Å². The van der Waals surface area contributed by atoms with Crippen molar-refractivity contribution in [3.05, 3.63) is 0 Å². The lowest BCUT2D eigenvalue weighted by atomic mass is 9.93. The van der Waals surface area contributed by atoms with Crippen molar-refractivity contribution in [1.29, 1.82) is 0 Å². The van der Waals surface area contributed by atoms with E-state index in [1.54, 1.807) is 0 Å². The maximum atomic E-state index is 6.05. The van der Waals surface area contributed by atoms with Crippen LogP contribution >= 0.6 is 12.2 Å². The molecule has 0 aromatic carbocycles. The second-order valence-electron chi connectivity index (χ2n) is 6.97. The van der Waals surface area contributed by atoms with Crippen LogP contribution in [-0.4, -0.2) is 13.4 Å². The highest BCUT2D eigenvalue weighted by molar-refractivity contribution is 7.80. The van der Waals surface area contributed by atoms with Crippen LogP contribution in [0.1, 0.15) is 48.0 Å². The van der Waals surface area contributed by atoms with Crippen LogP contribution in [0.15, 0.2) is 0 Å². The summed E-state index contributed by atoms with van der Waals surface area (Å²) in [7, 11) is -1.71. The van der Waals surface area contributed by atoms with E-state index in [0.717, 1.165) is 11.5 Å². The predicted octanol–water partition coefficient (Wildman–Crippen LogP) is 4.77. The van der Waals surface area contributed by atoms with E-state index in [2.05, 4.69) is 54.6 Å². The van der Waals surface area contributed by atoms with Gasteiger partial charge in [0.25, 0.3) is 8.32 Å². The maximum Gasteiger partial charge on any atom is 0.251 e. The Morgan fingerprint density at radius 2 is 1.47 bits per heavy atom. The third-order valence-corrected chi connectivity index (χ3v) is 7.59. The molecule has 0 aliphatic heterocycles. The quantitative estimate of drug-likeness (QED) is 0.512. The molecule has 0 aliphatic rings. The van der Waals surface area contributed by atoms with E-state index >= 15 is 0 Å². The van der Waals surface area contributed by atoms with Crippen molar-refractivity contribution in [2.24, 2.45) is 5.41 Å². The first-order valence-corrected chi connectivity index (χ1v) is 8.89. The van der Waals surface area contributed by atoms with E-state index in [-0.39, 0.29) is 10.5 Å². The predicted molar refractivity (Wildman–Crippen MR) is 75.0 cm³/mol. The summed E-state index contributed by atoms with van der Waals surface area (Å²) in [5, 5.41) is 1.02. The van der Waals surface area contributed by atoms with Crippen LogP contribution in [0.25, 0.3) is 0 Å². The van der Waals surface area contributed by atoms with Gasteiger partial charge in [-0.25, -0.2) is 0 Å². The second kappa shape index (κ2) is 4.54. The van der Waals surface area contributed by atoms with Gasteiger partial charge in [-0.2, -0.15) is 0 Å². The maximum absolute atomic E-state index is 6.05. The molecule has 0 amide bonds.